The molecule has 3 fully saturated rings. The number of carbonyl (C=O) groups excluding carboxylic acids is 2. The van der Waals surface area contributed by atoms with E-state index in [1.807, 2.05) is 0 Å². The Bertz CT molecular complexity index is 1210. The van der Waals surface area contributed by atoms with Crippen LogP contribution in [-0.4, -0.2) is 65.0 Å². The number of aryl methyl sites for hydroxylation is 1. The maximum atomic E-state index is 14.4. The molecule has 0 radical (unpaired) electrons. The highest BCUT2D eigenvalue weighted by Gasteiger charge is 2.51. The largest absolute Gasteiger partial charge is 0.448 e. The summed E-state index contributed by atoms with van der Waals surface area (Å²) in [5.41, 5.74) is 1.93. The second-order valence-corrected chi connectivity index (χ2v) is 12.6. The Morgan fingerprint density at radius 2 is 1.81 bits per heavy atom. The first-order valence-electron chi connectivity index (χ1n) is 16.1. The van der Waals surface area contributed by atoms with E-state index >= 15 is 0 Å². The van der Waals surface area contributed by atoms with E-state index in [4.69, 9.17) is 9.15 Å². The summed E-state index contributed by atoms with van der Waals surface area (Å²) in [7, 11) is 0. The number of aliphatic hydroxyl groups is 2. The van der Waals surface area contributed by atoms with Gasteiger partial charge in [0.1, 0.15) is 12.1 Å². The minimum Gasteiger partial charge on any atom is -0.448 e. The van der Waals surface area contributed by atoms with Crippen molar-refractivity contribution in [3.05, 3.63) is 53.0 Å². The fourth-order valence-electron chi connectivity index (χ4n) is 7.23. The van der Waals surface area contributed by atoms with Gasteiger partial charge in [-0.3, -0.25) is 9.59 Å². The number of ether oxygens (including phenoxy) is 1. The Morgan fingerprint density at radius 1 is 1.02 bits per heavy atom. The maximum absolute atomic E-state index is 14.4. The molecule has 9 nitrogen and oxygen atoms in total. The van der Waals surface area contributed by atoms with Crippen LogP contribution in [0.5, 0.6) is 0 Å². The number of unbranched alkanes of at least 4 members (excludes halogenated alkanes) is 1. The van der Waals surface area contributed by atoms with Crippen LogP contribution in [-0.2, 0) is 22.4 Å². The van der Waals surface area contributed by atoms with E-state index in [2.05, 4.69) is 15.6 Å². The van der Waals surface area contributed by atoms with E-state index in [1.54, 1.807) is 6.07 Å². The van der Waals surface area contributed by atoms with Crippen LogP contribution in [0.15, 0.2) is 28.9 Å². The van der Waals surface area contributed by atoms with Crippen LogP contribution in [0.4, 0.5) is 4.39 Å². The van der Waals surface area contributed by atoms with Crippen molar-refractivity contribution in [2.45, 2.75) is 108 Å². The molecule has 2 aliphatic heterocycles. The highest BCUT2D eigenvalue weighted by atomic mass is 19.1. The summed E-state index contributed by atoms with van der Waals surface area (Å²) in [5.74, 6) is 0.303. The topological polar surface area (TPSA) is 134 Å². The molecular formula is C33H46FN3O6. The minimum absolute atomic E-state index is 0.00404. The summed E-state index contributed by atoms with van der Waals surface area (Å²) < 4.78 is 26.5. The SMILES string of the molecule is O=C(CCc1ccc(F)cc1C[C@@H]1[C@H](c2nc(C(=O)NCCCCC3CCCCC3)co2)[C@H]2CC[C@H]1O2)NC(CO)CO. The maximum Gasteiger partial charge on any atom is 0.273 e. The molecule has 1 aliphatic carbocycles. The summed E-state index contributed by atoms with van der Waals surface area (Å²) in [6.07, 6.45) is 14.3. The second kappa shape index (κ2) is 15.3. The van der Waals surface area contributed by atoms with Crippen LogP contribution in [0.3, 0.4) is 0 Å². The van der Waals surface area contributed by atoms with Gasteiger partial charge in [0.25, 0.3) is 5.91 Å². The highest BCUT2D eigenvalue weighted by molar-refractivity contribution is 5.91. The first kappa shape index (κ1) is 31.6. The van der Waals surface area contributed by atoms with Crippen molar-refractivity contribution in [1.29, 1.82) is 0 Å². The number of carbonyl (C=O) groups is 2. The zero-order valence-corrected chi connectivity index (χ0v) is 24.9. The second-order valence-electron chi connectivity index (χ2n) is 12.6. The quantitative estimate of drug-likeness (QED) is 0.226. The molecule has 2 aromatic rings. The number of benzene rings is 1. The molecule has 1 saturated carbocycles. The number of hydrogen-bond acceptors (Lipinski definition) is 7. The number of halogens is 1. The summed E-state index contributed by atoms with van der Waals surface area (Å²) in [5, 5.41) is 24.1. The number of amides is 2. The van der Waals surface area contributed by atoms with Gasteiger partial charge in [0.2, 0.25) is 11.8 Å². The van der Waals surface area contributed by atoms with Gasteiger partial charge < -0.3 is 30.0 Å². The Labute approximate surface area is 253 Å². The van der Waals surface area contributed by atoms with E-state index in [1.165, 1.54) is 56.9 Å². The van der Waals surface area contributed by atoms with Gasteiger partial charge in [0.15, 0.2) is 5.69 Å². The van der Waals surface area contributed by atoms with Crippen molar-refractivity contribution in [3.63, 3.8) is 0 Å². The molecule has 1 aromatic carbocycles. The molecule has 4 N–H and O–H groups in total. The van der Waals surface area contributed by atoms with E-state index < -0.39 is 6.04 Å². The summed E-state index contributed by atoms with van der Waals surface area (Å²) in [4.78, 5) is 29.8. The lowest BCUT2D eigenvalue weighted by Crippen LogP contribution is -2.40. The molecule has 0 unspecified atom stereocenters. The Morgan fingerprint density at radius 3 is 2.60 bits per heavy atom. The van der Waals surface area contributed by atoms with Crippen LogP contribution >= 0.6 is 0 Å². The molecule has 5 rings (SSSR count). The van der Waals surface area contributed by atoms with Gasteiger partial charge in [-0.25, -0.2) is 9.37 Å². The Balaban J connectivity index is 1.18. The average Bonchev–Trinajstić information content (AvgIpc) is 3.77. The normalized spacial score (nSPS) is 23.6. The van der Waals surface area contributed by atoms with Crippen molar-refractivity contribution >= 4 is 11.8 Å². The standard InChI is InChI=1S/C33H46FN3O6/c34-24-11-9-22(10-14-30(40)36-25(18-38)19-39)23(16-24)17-26-28-12-13-29(43-28)31(26)33-37-27(20-42-33)32(41)35-15-5-4-8-21-6-2-1-3-7-21/h9,11,16,20-21,25-26,28-29,31,38-39H,1-8,10,12-15,17-19H2,(H,35,41)(H,36,40)/t26-,28+,29+,31-/m0/s1. The van der Waals surface area contributed by atoms with Crippen molar-refractivity contribution < 1.29 is 33.3 Å². The predicted molar refractivity (Wildman–Crippen MR) is 158 cm³/mol. The highest BCUT2D eigenvalue weighted by Crippen LogP contribution is 2.50. The van der Waals surface area contributed by atoms with Gasteiger partial charge in [0.05, 0.1) is 37.4 Å². The molecule has 236 valence electrons. The smallest absolute Gasteiger partial charge is 0.273 e. The van der Waals surface area contributed by atoms with Gasteiger partial charge in [0, 0.05) is 18.9 Å². The van der Waals surface area contributed by atoms with Crippen LogP contribution in [0.1, 0.15) is 104 Å². The number of hydrogen-bond donors (Lipinski definition) is 4. The third-order valence-electron chi connectivity index (χ3n) is 9.57. The van der Waals surface area contributed by atoms with Crippen LogP contribution in [0.2, 0.25) is 0 Å². The number of nitrogens with one attached hydrogen (secondary N) is 2. The molecule has 2 bridgehead atoms. The lowest BCUT2D eigenvalue weighted by Gasteiger charge is -2.26. The fraction of sp³-hybridized carbons (Fsp3) is 0.667. The predicted octanol–water partition coefficient (Wildman–Crippen LogP) is 4.20. The molecule has 0 spiro atoms. The molecule has 3 aliphatic rings. The Hall–Kier alpha value is -2.82. The zero-order chi connectivity index (χ0) is 30.2. The number of rotatable bonds is 15. The van der Waals surface area contributed by atoms with E-state index in [0.29, 0.717) is 25.3 Å². The molecule has 10 heteroatoms. The fourth-order valence-corrected chi connectivity index (χ4v) is 7.23. The Kier molecular flexibility index (Phi) is 11.2. The van der Waals surface area contributed by atoms with Gasteiger partial charge in [-0.05, 0) is 61.3 Å². The molecule has 2 amide bonds. The van der Waals surface area contributed by atoms with Crippen LogP contribution in [0.25, 0.3) is 0 Å². The van der Waals surface area contributed by atoms with Crippen molar-refractivity contribution in [1.82, 2.24) is 15.6 Å². The lowest BCUT2D eigenvalue weighted by molar-refractivity contribution is -0.122. The number of aliphatic hydroxyl groups excluding tert-OH is 2. The number of fused-ring (bicyclic) bond motifs is 2. The third kappa shape index (κ3) is 8.22. The van der Waals surface area contributed by atoms with E-state index in [9.17, 15) is 24.2 Å². The van der Waals surface area contributed by atoms with Gasteiger partial charge in [-0.1, -0.05) is 51.0 Å². The van der Waals surface area contributed by atoms with E-state index in [-0.39, 0.29) is 67.0 Å². The van der Waals surface area contributed by atoms with Gasteiger partial charge >= 0.3 is 0 Å². The zero-order valence-electron chi connectivity index (χ0n) is 24.9. The van der Waals surface area contributed by atoms with Crippen LogP contribution < -0.4 is 10.6 Å². The number of nitrogens with zero attached hydrogens (tertiary/aromatic N) is 1. The monoisotopic (exact) mass is 599 g/mol. The third-order valence-corrected chi connectivity index (χ3v) is 9.57. The van der Waals surface area contributed by atoms with Crippen molar-refractivity contribution in [2.24, 2.45) is 11.8 Å². The first-order valence-corrected chi connectivity index (χ1v) is 16.1. The summed E-state index contributed by atoms with van der Waals surface area (Å²) in [6, 6.07) is 3.92. The molecule has 1 aromatic heterocycles. The molecule has 43 heavy (non-hydrogen) atoms. The number of aromatic nitrogens is 1. The van der Waals surface area contributed by atoms with Gasteiger partial charge in [-0.15, -0.1) is 0 Å². The average molecular weight is 600 g/mol. The van der Waals surface area contributed by atoms with E-state index in [0.717, 1.165) is 42.7 Å². The number of oxazole rings is 1. The summed E-state index contributed by atoms with van der Waals surface area (Å²) >= 11 is 0. The van der Waals surface area contributed by atoms with Crippen LogP contribution in [0, 0.1) is 17.7 Å². The first-order chi connectivity index (χ1) is 20.9. The summed E-state index contributed by atoms with van der Waals surface area (Å²) in [6.45, 7) is -0.0743. The lowest BCUT2D eigenvalue weighted by atomic mass is 9.75. The molecular weight excluding hydrogens is 553 g/mol. The minimum atomic E-state index is -0.703. The van der Waals surface area contributed by atoms with Crippen molar-refractivity contribution in [3.8, 4) is 0 Å². The molecule has 2 saturated heterocycles. The molecule has 3 heterocycles. The van der Waals surface area contributed by atoms with Crippen molar-refractivity contribution in [2.75, 3.05) is 19.8 Å². The molecule has 4 atom stereocenters. The van der Waals surface area contributed by atoms with Gasteiger partial charge in [-0.2, -0.15) is 0 Å².